The number of rotatable bonds is 4. The zero-order valence-corrected chi connectivity index (χ0v) is 9.12. The minimum absolute atomic E-state index is 0.109. The van der Waals surface area contributed by atoms with E-state index in [4.69, 9.17) is 9.47 Å². The van der Waals surface area contributed by atoms with Gasteiger partial charge >= 0.3 is 0 Å². The molecule has 0 saturated carbocycles. The maximum absolute atomic E-state index is 5.66. The van der Waals surface area contributed by atoms with E-state index in [0.717, 1.165) is 6.54 Å². The zero-order valence-electron chi connectivity index (χ0n) is 9.12. The maximum atomic E-state index is 5.66. The molecule has 0 aliphatic carbocycles. The van der Waals surface area contributed by atoms with E-state index in [9.17, 15) is 0 Å². The standard InChI is InChI=1S/C10H21NO2/c1-8-6-5-7-11(8)9(2)13-10(3)12-4/h8-10H,5-7H2,1-4H3. The summed E-state index contributed by atoms with van der Waals surface area (Å²) in [4.78, 5) is 2.38. The summed E-state index contributed by atoms with van der Waals surface area (Å²) in [5.74, 6) is 0. The molecule has 1 aliphatic rings. The third-order valence-corrected chi connectivity index (χ3v) is 2.79. The Bertz CT molecular complexity index is 152. The van der Waals surface area contributed by atoms with Crippen molar-refractivity contribution in [2.75, 3.05) is 13.7 Å². The van der Waals surface area contributed by atoms with Gasteiger partial charge in [-0.1, -0.05) is 0 Å². The molecule has 3 heteroatoms. The monoisotopic (exact) mass is 187 g/mol. The lowest BCUT2D eigenvalue weighted by Crippen LogP contribution is -2.39. The molecule has 0 radical (unpaired) electrons. The average molecular weight is 187 g/mol. The Morgan fingerprint density at radius 3 is 2.54 bits per heavy atom. The van der Waals surface area contributed by atoms with Crippen molar-refractivity contribution in [1.29, 1.82) is 0 Å². The smallest absolute Gasteiger partial charge is 0.156 e. The molecule has 1 rings (SSSR count). The van der Waals surface area contributed by atoms with Gasteiger partial charge in [0.15, 0.2) is 6.29 Å². The quantitative estimate of drug-likeness (QED) is 0.627. The molecule has 0 bridgehead atoms. The summed E-state index contributed by atoms with van der Waals surface area (Å²) in [7, 11) is 1.67. The third-order valence-electron chi connectivity index (χ3n) is 2.79. The average Bonchev–Trinajstić information content (AvgIpc) is 2.51. The molecule has 0 amide bonds. The van der Waals surface area contributed by atoms with Crippen molar-refractivity contribution in [2.24, 2.45) is 0 Å². The van der Waals surface area contributed by atoms with E-state index in [2.05, 4.69) is 18.7 Å². The first-order valence-electron chi connectivity index (χ1n) is 5.09. The van der Waals surface area contributed by atoms with E-state index < -0.39 is 0 Å². The molecule has 3 unspecified atom stereocenters. The topological polar surface area (TPSA) is 21.7 Å². The zero-order chi connectivity index (χ0) is 9.84. The number of ether oxygens (including phenoxy) is 2. The maximum Gasteiger partial charge on any atom is 0.156 e. The van der Waals surface area contributed by atoms with Crippen molar-refractivity contribution in [3.63, 3.8) is 0 Å². The number of likely N-dealkylation sites (tertiary alicyclic amines) is 1. The van der Waals surface area contributed by atoms with Crippen LogP contribution in [0.5, 0.6) is 0 Å². The van der Waals surface area contributed by atoms with Crippen molar-refractivity contribution < 1.29 is 9.47 Å². The Morgan fingerprint density at radius 2 is 2.08 bits per heavy atom. The molecule has 1 heterocycles. The fraction of sp³-hybridized carbons (Fsp3) is 1.00. The molecule has 78 valence electrons. The Hall–Kier alpha value is -0.120. The highest BCUT2D eigenvalue weighted by atomic mass is 16.7. The number of nitrogens with zero attached hydrogens (tertiary/aromatic N) is 1. The lowest BCUT2D eigenvalue weighted by Gasteiger charge is -2.30. The highest BCUT2D eigenvalue weighted by molar-refractivity contribution is 4.76. The van der Waals surface area contributed by atoms with Gasteiger partial charge in [-0.25, -0.2) is 0 Å². The highest BCUT2D eigenvalue weighted by Crippen LogP contribution is 2.20. The molecule has 0 spiro atoms. The largest absolute Gasteiger partial charge is 0.356 e. The van der Waals surface area contributed by atoms with Gasteiger partial charge in [0.25, 0.3) is 0 Å². The Morgan fingerprint density at radius 1 is 1.38 bits per heavy atom. The van der Waals surface area contributed by atoms with E-state index in [-0.39, 0.29) is 12.5 Å². The van der Waals surface area contributed by atoms with E-state index in [1.54, 1.807) is 7.11 Å². The molecule has 3 nitrogen and oxygen atoms in total. The van der Waals surface area contributed by atoms with Gasteiger partial charge in [-0.2, -0.15) is 0 Å². The Kier molecular flexibility index (Phi) is 4.16. The van der Waals surface area contributed by atoms with Crippen LogP contribution in [-0.2, 0) is 9.47 Å². The van der Waals surface area contributed by atoms with Gasteiger partial charge in [-0.05, 0) is 33.6 Å². The fourth-order valence-corrected chi connectivity index (χ4v) is 1.91. The molecule has 1 aliphatic heterocycles. The number of hydrogen-bond donors (Lipinski definition) is 0. The van der Waals surface area contributed by atoms with Crippen LogP contribution in [-0.4, -0.2) is 37.1 Å². The molecule has 0 aromatic heterocycles. The number of hydrogen-bond acceptors (Lipinski definition) is 3. The van der Waals surface area contributed by atoms with Crippen LogP contribution < -0.4 is 0 Å². The summed E-state index contributed by atoms with van der Waals surface area (Å²) in [5, 5.41) is 0. The summed E-state index contributed by atoms with van der Waals surface area (Å²) in [5.41, 5.74) is 0. The second kappa shape index (κ2) is 4.94. The first-order valence-corrected chi connectivity index (χ1v) is 5.09. The summed E-state index contributed by atoms with van der Waals surface area (Å²) in [6.45, 7) is 7.43. The summed E-state index contributed by atoms with van der Waals surface area (Å²) >= 11 is 0. The van der Waals surface area contributed by atoms with Gasteiger partial charge in [-0.3, -0.25) is 4.90 Å². The van der Waals surface area contributed by atoms with Crippen LogP contribution in [0, 0.1) is 0 Å². The Balaban J connectivity index is 2.33. The third kappa shape index (κ3) is 2.93. The normalized spacial score (nSPS) is 29.1. The molecule has 0 aromatic rings. The molecule has 1 fully saturated rings. The van der Waals surface area contributed by atoms with Crippen molar-refractivity contribution in [1.82, 2.24) is 4.90 Å². The fourth-order valence-electron chi connectivity index (χ4n) is 1.91. The predicted octanol–water partition coefficient (Wildman–Crippen LogP) is 1.83. The van der Waals surface area contributed by atoms with Gasteiger partial charge in [0.05, 0.1) is 0 Å². The van der Waals surface area contributed by atoms with E-state index in [1.165, 1.54) is 12.8 Å². The Labute approximate surface area is 81.0 Å². The first kappa shape index (κ1) is 11.0. The molecule has 1 saturated heterocycles. The van der Waals surface area contributed by atoms with Crippen LogP contribution in [0.1, 0.15) is 33.6 Å². The lowest BCUT2D eigenvalue weighted by atomic mass is 10.2. The van der Waals surface area contributed by atoms with E-state index in [1.807, 2.05) is 6.92 Å². The molecular weight excluding hydrogens is 166 g/mol. The SMILES string of the molecule is COC(C)OC(C)N1CCCC1C. The number of methoxy groups -OCH3 is 1. The van der Waals surface area contributed by atoms with E-state index >= 15 is 0 Å². The molecule has 3 atom stereocenters. The second-order valence-electron chi connectivity index (χ2n) is 3.77. The van der Waals surface area contributed by atoms with Crippen LogP contribution in [0.25, 0.3) is 0 Å². The van der Waals surface area contributed by atoms with Crippen molar-refractivity contribution in [3.8, 4) is 0 Å². The van der Waals surface area contributed by atoms with Crippen LogP contribution in [0.2, 0.25) is 0 Å². The van der Waals surface area contributed by atoms with E-state index in [0.29, 0.717) is 6.04 Å². The van der Waals surface area contributed by atoms with Crippen LogP contribution in [0.4, 0.5) is 0 Å². The van der Waals surface area contributed by atoms with Crippen LogP contribution in [0.15, 0.2) is 0 Å². The second-order valence-corrected chi connectivity index (χ2v) is 3.77. The van der Waals surface area contributed by atoms with Crippen molar-refractivity contribution in [2.45, 2.75) is 52.2 Å². The van der Waals surface area contributed by atoms with Crippen molar-refractivity contribution >= 4 is 0 Å². The first-order chi connectivity index (χ1) is 6.15. The predicted molar refractivity (Wildman–Crippen MR) is 52.4 cm³/mol. The molecular formula is C10H21NO2. The highest BCUT2D eigenvalue weighted by Gasteiger charge is 2.26. The van der Waals surface area contributed by atoms with Crippen LogP contribution in [0.3, 0.4) is 0 Å². The summed E-state index contributed by atoms with van der Waals surface area (Å²) in [6, 6.07) is 0.652. The van der Waals surface area contributed by atoms with Crippen molar-refractivity contribution in [3.05, 3.63) is 0 Å². The molecule has 0 N–H and O–H groups in total. The van der Waals surface area contributed by atoms with Gasteiger partial charge in [0, 0.05) is 19.7 Å². The molecule has 13 heavy (non-hydrogen) atoms. The van der Waals surface area contributed by atoms with Gasteiger partial charge < -0.3 is 9.47 Å². The minimum Gasteiger partial charge on any atom is -0.356 e. The van der Waals surface area contributed by atoms with Gasteiger partial charge in [0.1, 0.15) is 6.23 Å². The van der Waals surface area contributed by atoms with Gasteiger partial charge in [-0.15, -0.1) is 0 Å². The molecule has 0 aromatic carbocycles. The minimum atomic E-state index is -0.109. The summed E-state index contributed by atoms with van der Waals surface area (Å²) < 4.78 is 10.7. The van der Waals surface area contributed by atoms with Gasteiger partial charge in [0.2, 0.25) is 0 Å². The lowest BCUT2D eigenvalue weighted by molar-refractivity contribution is -0.182. The van der Waals surface area contributed by atoms with Crippen LogP contribution >= 0.6 is 0 Å². The summed E-state index contributed by atoms with van der Waals surface area (Å²) in [6.07, 6.45) is 2.64.